The van der Waals surface area contributed by atoms with Gasteiger partial charge in [0.25, 0.3) is 0 Å². The largest absolute Gasteiger partial charge is 0.375 e. The maximum absolute atomic E-state index is 7.17. The van der Waals surface area contributed by atoms with E-state index in [1.165, 1.54) is 0 Å². The Morgan fingerprint density at radius 1 is 0.273 bits per heavy atom. The summed E-state index contributed by atoms with van der Waals surface area (Å²) in [6.45, 7) is 38.0. The lowest BCUT2D eigenvalue weighted by molar-refractivity contribution is -0.184. The summed E-state index contributed by atoms with van der Waals surface area (Å²) in [6, 6.07) is 0. The molecule has 0 saturated heterocycles. The van der Waals surface area contributed by atoms with E-state index < -0.39 is 0 Å². The quantitative estimate of drug-likeness (QED) is 0.0909. The minimum atomic E-state index is -0.167. The van der Waals surface area contributed by atoms with Crippen molar-refractivity contribution < 1.29 is 18.9 Å². The van der Waals surface area contributed by atoms with Crippen molar-refractivity contribution in [1.82, 2.24) is 0 Å². The van der Waals surface area contributed by atoms with Crippen molar-refractivity contribution in [2.24, 2.45) is 47.3 Å². The van der Waals surface area contributed by atoms with Crippen LogP contribution in [0, 0.1) is 47.3 Å². The summed E-state index contributed by atoms with van der Waals surface area (Å²) in [7, 11) is 0. The van der Waals surface area contributed by atoms with Crippen LogP contribution in [0.2, 0.25) is 0 Å². The lowest BCUT2D eigenvalue weighted by atomic mass is 9.96. The van der Waals surface area contributed by atoms with Gasteiger partial charge in [-0.15, -0.1) is 0 Å². The second-order valence-corrected chi connectivity index (χ2v) is 17.5. The van der Waals surface area contributed by atoms with Crippen molar-refractivity contribution >= 4 is 0 Å². The zero-order valence-electron chi connectivity index (χ0n) is 32.8. The van der Waals surface area contributed by atoms with E-state index in [-0.39, 0.29) is 36.6 Å². The van der Waals surface area contributed by atoms with E-state index in [9.17, 15) is 0 Å². The molecule has 2 atom stereocenters. The third-order valence-corrected chi connectivity index (χ3v) is 8.02. The van der Waals surface area contributed by atoms with Gasteiger partial charge in [-0.05, 0) is 98.7 Å². The van der Waals surface area contributed by atoms with Crippen molar-refractivity contribution in [2.45, 2.75) is 199 Å². The van der Waals surface area contributed by atoms with Crippen molar-refractivity contribution in [3.05, 3.63) is 0 Å². The molecule has 0 fully saturated rings. The Morgan fingerprint density at radius 2 is 0.455 bits per heavy atom. The van der Waals surface area contributed by atoms with Crippen LogP contribution in [0.4, 0.5) is 0 Å². The molecule has 0 bridgehead atoms. The molecule has 0 saturated carbocycles. The third-order valence-electron chi connectivity index (χ3n) is 8.02. The Balaban J connectivity index is 6.55. The summed E-state index contributed by atoms with van der Waals surface area (Å²) < 4.78 is 28.0. The van der Waals surface area contributed by atoms with E-state index in [2.05, 4.69) is 111 Å². The fourth-order valence-electron chi connectivity index (χ4n) is 6.51. The summed E-state index contributed by atoms with van der Waals surface area (Å²) in [5.41, 5.74) is 0. The first-order chi connectivity index (χ1) is 20.4. The molecule has 44 heavy (non-hydrogen) atoms. The van der Waals surface area contributed by atoms with Crippen molar-refractivity contribution in [3.63, 3.8) is 0 Å². The van der Waals surface area contributed by atoms with Gasteiger partial charge in [-0.1, -0.05) is 111 Å². The van der Waals surface area contributed by atoms with E-state index in [0.29, 0.717) is 60.6 Å². The molecular weight excluding hydrogens is 544 g/mol. The van der Waals surface area contributed by atoms with Crippen LogP contribution < -0.4 is 0 Å². The molecule has 0 heterocycles. The molecule has 4 nitrogen and oxygen atoms in total. The van der Waals surface area contributed by atoms with Crippen molar-refractivity contribution in [1.29, 1.82) is 0 Å². The average Bonchev–Trinajstić information content (AvgIpc) is 2.80. The third kappa shape index (κ3) is 24.1. The molecule has 0 aromatic heterocycles. The maximum Gasteiger partial charge on any atom is 0.110 e. The molecule has 0 aromatic rings. The van der Waals surface area contributed by atoms with Crippen LogP contribution >= 0.6 is 0 Å². The first kappa shape index (κ1) is 43.8. The second-order valence-electron chi connectivity index (χ2n) is 17.5. The molecule has 0 aliphatic heterocycles. The Bertz CT molecular complexity index is 558. The molecule has 0 N–H and O–H groups in total. The first-order valence-corrected chi connectivity index (χ1v) is 18.9. The number of ether oxygens (including phenoxy) is 4. The molecule has 0 amide bonds. The minimum absolute atomic E-state index is 0.167. The highest BCUT2D eigenvalue weighted by Gasteiger charge is 2.33. The van der Waals surface area contributed by atoms with Crippen LogP contribution in [0.25, 0.3) is 0 Å². The van der Waals surface area contributed by atoms with Gasteiger partial charge in [-0.2, -0.15) is 0 Å². The summed E-state index contributed by atoms with van der Waals surface area (Å²) in [5, 5.41) is 0. The highest BCUT2D eigenvalue weighted by molar-refractivity contribution is 4.80. The summed E-state index contributed by atoms with van der Waals surface area (Å²) in [6.07, 6.45) is 8.97. The number of rotatable bonds is 27. The van der Waals surface area contributed by atoms with Crippen molar-refractivity contribution in [2.75, 3.05) is 13.2 Å². The molecule has 0 rings (SSSR count). The summed E-state index contributed by atoms with van der Waals surface area (Å²) in [5.74, 6) is 4.66. The zero-order chi connectivity index (χ0) is 34.0. The molecule has 0 spiro atoms. The van der Waals surface area contributed by atoms with E-state index in [1.807, 2.05) is 0 Å². The molecule has 266 valence electrons. The van der Waals surface area contributed by atoms with Gasteiger partial charge in [0.05, 0.1) is 37.6 Å². The van der Waals surface area contributed by atoms with E-state index in [0.717, 1.165) is 51.4 Å². The first-order valence-electron chi connectivity index (χ1n) is 18.9. The molecule has 0 aromatic carbocycles. The monoisotopic (exact) mass is 627 g/mol. The molecular formula is C40H82O4. The minimum Gasteiger partial charge on any atom is -0.375 e. The van der Waals surface area contributed by atoms with E-state index in [4.69, 9.17) is 18.9 Å². The van der Waals surface area contributed by atoms with Gasteiger partial charge in [-0.25, -0.2) is 0 Å². The smallest absolute Gasteiger partial charge is 0.110 e. The van der Waals surface area contributed by atoms with Crippen LogP contribution in [0.3, 0.4) is 0 Å². The van der Waals surface area contributed by atoms with E-state index >= 15 is 0 Å². The molecule has 0 aliphatic rings. The average molecular weight is 627 g/mol. The summed E-state index contributed by atoms with van der Waals surface area (Å²) in [4.78, 5) is 0. The lowest BCUT2D eigenvalue weighted by Gasteiger charge is -2.37. The zero-order valence-corrected chi connectivity index (χ0v) is 32.8. The highest BCUT2D eigenvalue weighted by Crippen LogP contribution is 2.27. The predicted molar refractivity (Wildman–Crippen MR) is 192 cm³/mol. The summed E-state index contributed by atoms with van der Waals surface area (Å²) >= 11 is 0. The van der Waals surface area contributed by atoms with Crippen LogP contribution in [0.15, 0.2) is 0 Å². The molecule has 0 radical (unpaired) electrons. The van der Waals surface area contributed by atoms with E-state index in [1.54, 1.807) is 0 Å². The van der Waals surface area contributed by atoms with Crippen LogP contribution in [-0.2, 0) is 18.9 Å². The normalized spacial score (nSPS) is 14.7. The Hall–Kier alpha value is -0.160. The molecule has 0 aliphatic carbocycles. The van der Waals surface area contributed by atoms with Crippen molar-refractivity contribution in [3.8, 4) is 0 Å². The lowest BCUT2D eigenvalue weighted by Crippen LogP contribution is -2.45. The fraction of sp³-hybridized carbons (Fsp3) is 1.00. The van der Waals surface area contributed by atoms with Crippen LogP contribution in [-0.4, -0.2) is 49.8 Å². The van der Waals surface area contributed by atoms with Gasteiger partial charge in [0.15, 0.2) is 0 Å². The molecule has 2 unspecified atom stereocenters. The topological polar surface area (TPSA) is 36.9 Å². The second kappa shape index (κ2) is 24.1. The molecule has 4 heteroatoms. The Kier molecular flexibility index (Phi) is 24.0. The van der Waals surface area contributed by atoms with Gasteiger partial charge in [0, 0.05) is 0 Å². The number of hydrogen-bond acceptors (Lipinski definition) is 4. The standard InChI is InChI=1S/C40H82O4/c1-27(2)17-35(18-28(3)4)41-25-39(43-37(21-31(9)10)22-32(11)12)40(44-38(23-33(13)14)24-34(15)16)26-42-36(19-29(5)6)20-30(7)8/h27-40H,17-26H2,1-16H3. The van der Waals surface area contributed by atoms with Gasteiger partial charge in [-0.3, -0.25) is 0 Å². The van der Waals surface area contributed by atoms with Gasteiger partial charge in [0.1, 0.15) is 12.2 Å². The Labute approximate surface area is 277 Å². The highest BCUT2D eigenvalue weighted by atomic mass is 16.6. The SMILES string of the molecule is CC(C)CC(CC(C)C)OCC(OC(CC(C)C)CC(C)C)C(COC(CC(C)C)CC(C)C)OC(CC(C)C)CC(C)C. The van der Waals surface area contributed by atoms with Gasteiger partial charge >= 0.3 is 0 Å². The van der Waals surface area contributed by atoms with Gasteiger partial charge in [0.2, 0.25) is 0 Å². The van der Waals surface area contributed by atoms with Gasteiger partial charge < -0.3 is 18.9 Å². The fourth-order valence-corrected chi connectivity index (χ4v) is 6.51. The Morgan fingerprint density at radius 3 is 0.636 bits per heavy atom. The predicted octanol–water partition coefficient (Wildman–Crippen LogP) is 11.6. The maximum atomic E-state index is 7.17. The van der Waals surface area contributed by atoms with Crippen LogP contribution in [0.5, 0.6) is 0 Å². The number of hydrogen-bond donors (Lipinski definition) is 0. The van der Waals surface area contributed by atoms with Crippen LogP contribution in [0.1, 0.15) is 162 Å².